The van der Waals surface area contributed by atoms with Crippen molar-refractivity contribution in [2.45, 2.75) is 77.0 Å². The third kappa shape index (κ3) is 2.99. The molecule has 0 aromatic carbocycles. The first-order chi connectivity index (χ1) is 8.93. The van der Waals surface area contributed by atoms with Crippen molar-refractivity contribution in [1.82, 2.24) is 0 Å². The van der Waals surface area contributed by atoms with E-state index in [1.165, 1.54) is 0 Å². The fraction of sp³-hybridized carbons (Fsp3) is 0.929. The van der Waals surface area contributed by atoms with E-state index in [9.17, 15) is 4.79 Å². The molecule has 0 radical (unpaired) electrons. The van der Waals surface area contributed by atoms with Crippen LogP contribution in [-0.2, 0) is 23.4 Å². The van der Waals surface area contributed by atoms with E-state index in [0.29, 0.717) is 0 Å². The van der Waals surface area contributed by atoms with Gasteiger partial charge in [-0.3, -0.25) is 4.79 Å². The molecule has 2 aliphatic heterocycles. The molecule has 0 aromatic heterocycles. The van der Waals surface area contributed by atoms with Crippen LogP contribution in [0.5, 0.6) is 0 Å². The zero-order valence-electron chi connectivity index (χ0n) is 13.5. The second-order valence-corrected chi connectivity index (χ2v) is 12.3. The molecule has 0 N–H and O–H groups in total. The first-order valence-electron chi connectivity index (χ1n) is 7.12. The number of ketones is 1. The maximum atomic E-state index is 12.2. The van der Waals surface area contributed by atoms with Crippen LogP contribution in [0.3, 0.4) is 0 Å². The molecule has 20 heavy (non-hydrogen) atoms. The van der Waals surface area contributed by atoms with Crippen LogP contribution < -0.4 is 0 Å². The number of carbonyl (C=O) groups excluding carboxylic acids is 1. The second-order valence-electron chi connectivity index (χ2n) is 7.52. The van der Waals surface area contributed by atoms with E-state index < -0.39 is 32.6 Å². The Balaban J connectivity index is 1.93. The summed E-state index contributed by atoms with van der Waals surface area (Å²) < 4.78 is 22.8. The Morgan fingerprint density at radius 2 is 1.85 bits per heavy atom. The van der Waals surface area contributed by atoms with Crippen LogP contribution in [0, 0.1) is 0 Å². The van der Waals surface area contributed by atoms with Crippen molar-refractivity contribution in [3.8, 4) is 0 Å². The van der Waals surface area contributed by atoms with Crippen molar-refractivity contribution in [3.05, 3.63) is 0 Å². The van der Waals surface area contributed by atoms with Gasteiger partial charge in [0.25, 0.3) is 0 Å². The molecule has 0 amide bonds. The number of hydrogen-bond donors (Lipinski definition) is 0. The van der Waals surface area contributed by atoms with Crippen molar-refractivity contribution < 1.29 is 23.4 Å². The van der Waals surface area contributed by atoms with Gasteiger partial charge in [-0.15, -0.1) is 0 Å². The van der Waals surface area contributed by atoms with E-state index in [2.05, 4.69) is 33.9 Å². The lowest BCUT2D eigenvalue weighted by Gasteiger charge is -2.36. The van der Waals surface area contributed by atoms with Gasteiger partial charge in [0.05, 0.1) is 6.61 Å². The van der Waals surface area contributed by atoms with Gasteiger partial charge < -0.3 is 18.6 Å². The van der Waals surface area contributed by atoms with Gasteiger partial charge in [0.15, 0.2) is 32.3 Å². The standard InChI is InChI=1S/C14H26O5Si/c1-13(2,3)20(6,7)16-8-9-10(15)11-12(17-9)19-14(4,5)18-11/h9,11-12H,8H2,1-7H3/t9-,11-,12-/m1/s1. The van der Waals surface area contributed by atoms with Crippen LogP contribution in [0.25, 0.3) is 0 Å². The van der Waals surface area contributed by atoms with Crippen molar-refractivity contribution in [2.24, 2.45) is 0 Å². The summed E-state index contributed by atoms with van der Waals surface area (Å²) in [5.41, 5.74) is 0. The summed E-state index contributed by atoms with van der Waals surface area (Å²) in [6.07, 6.45) is -1.78. The highest BCUT2D eigenvalue weighted by molar-refractivity contribution is 6.74. The molecule has 2 saturated heterocycles. The van der Waals surface area contributed by atoms with Gasteiger partial charge in [-0.05, 0) is 32.0 Å². The first kappa shape index (κ1) is 16.1. The van der Waals surface area contributed by atoms with Gasteiger partial charge in [-0.2, -0.15) is 0 Å². The molecule has 2 fully saturated rings. The van der Waals surface area contributed by atoms with Crippen LogP contribution in [0.2, 0.25) is 18.1 Å². The molecule has 0 unspecified atom stereocenters. The number of rotatable bonds is 3. The number of hydrogen-bond acceptors (Lipinski definition) is 5. The summed E-state index contributed by atoms with van der Waals surface area (Å²) in [5, 5.41) is 0.111. The Kier molecular flexibility index (Phi) is 3.93. The minimum Gasteiger partial charge on any atom is -0.414 e. The number of Topliss-reactive ketones (excluding diaryl/α,β-unsaturated/α-hetero) is 1. The Morgan fingerprint density at radius 1 is 1.25 bits per heavy atom. The van der Waals surface area contributed by atoms with E-state index in [1.54, 1.807) is 13.8 Å². The number of fused-ring (bicyclic) bond motifs is 1. The van der Waals surface area contributed by atoms with E-state index in [0.717, 1.165) is 0 Å². The van der Waals surface area contributed by atoms with Gasteiger partial charge in [0.2, 0.25) is 0 Å². The van der Waals surface area contributed by atoms with Crippen LogP contribution in [0.1, 0.15) is 34.6 Å². The van der Waals surface area contributed by atoms with Gasteiger partial charge in [-0.25, -0.2) is 0 Å². The Hall–Kier alpha value is -0.273. The lowest BCUT2D eigenvalue weighted by atomic mass is 10.2. The van der Waals surface area contributed by atoms with Crippen molar-refractivity contribution >= 4 is 14.1 Å². The number of ether oxygens (including phenoxy) is 3. The van der Waals surface area contributed by atoms with Crippen LogP contribution in [-0.4, -0.2) is 45.0 Å². The molecule has 0 spiro atoms. The van der Waals surface area contributed by atoms with Gasteiger partial charge in [0, 0.05) is 0 Å². The molecule has 0 saturated carbocycles. The highest BCUT2D eigenvalue weighted by atomic mass is 28.4. The van der Waals surface area contributed by atoms with Crippen molar-refractivity contribution in [2.75, 3.05) is 6.61 Å². The Labute approximate surface area is 122 Å². The van der Waals surface area contributed by atoms with Crippen LogP contribution in [0.4, 0.5) is 0 Å². The minimum atomic E-state index is -1.88. The topological polar surface area (TPSA) is 54.0 Å². The highest BCUT2D eigenvalue weighted by Crippen LogP contribution is 2.38. The minimum absolute atomic E-state index is 0.0701. The molecule has 2 heterocycles. The van der Waals surface area contributed by atoms with Crippen LogP contribution >= 0.6 is 0 Å². The van der Waals surface area contributed by atoms with Crippen molar-refractivity contribution in [1.29, 1.82) is 0 Å². The third-order valence-electron chi connectivity index (χ3n) is 4.36. The molecule has 2 rings (SSSR count). The average Bonchev–Trinajstić information content (AvgIpc) is 2.69. The molecule has 3 atom stereocenters. The van der Waals surface area contributed by atoms with E-state index in [-0.39, 0.29) is 17.4 Å². The lowest BCUT2D eigenvalue weighted by molar-refractivity contribution is -0.206. The molecular weight excluding hydrogens is 276 g/mol. The zero-order chi connectivity index (χ0) is 15.3. The third-order valence-corrected chi connectivity index (χ3v) is 8.86. The predicted molar refractivity (Wildman–Crippen MR) is 76.9 cm³/mol. The molecule has 6 heteroatoms. The van der Waals surface area contributed by atoms with Crippen LogP contribution in [0.15, 0.2) is 0 Å². The lowest BCUT2D eigenvalue weighted by Crippen LogP contribution is -2.44. The Bertz CT molecular complexity index is 399. The van der Waals surface area contributed by atoms with Gasteiger partial charge >= 0.3 is 0 Å². The molecule has 0 aromatic rings. The summed E-state index contributed by atoms with van der Waals surface area (Å²) in [6.45, 7) is 14.7. The summed E-state index contributed by atoms with van der Waals surface area (Å²) >= 11 is 0. The summed E-state index contributed by atoms with van der Waals surface area (Å²) in [7, 11) is -1.88. The molecule has 116 valence electrons. The smallest absolute Gasteiger partial charge is 0.197 e. The fourth-order valence-corrected chi connectivity index (χ4v) is 3.06. The second kappa shape index (κ2) is 4.88. The largest absolute Gasteiger partial charge is 0.414 e. The normalized spacial score (nSPS) is 33.5. The van der Waals surface area contributed by atoms with E-state index >= 15 is 0 Å². The molecule has 5 nitrogen and oxygen atoms in total. The molecular formula is C14H26O5Si. The molecule has 2 aliphatic rings. The summed E-state index contributed by atoms with van der Waals surface area (Å²) in [5.74, 6) is -0.824. The Morgan fingerprint density at radius 3 is 2.35 bits per heavy atom. The molecule has 0 bridgehead atoms. The summed E-state index contributed by atoms with van der Waals surface area (Å²) in [6, 6.07) is 0. The summed E-state index contributed by atoms with van der Waals surface area (Å²) in [4.78, 5) is 12.2. The van der Waals surface area contributed by atoms with E-state index in [4.69, 9.17) is 18.6 Å². The highest BCUT2D eigenvalue weighted by Gasteiger charge is 2.54. The fourth-order valence-electron chi connectivity index (χ4n) is 2.06. The van der Waals surface area contributed by atoms with E-state index in [1.807, 2.05) is 0 Å². The zero-order valence-corrected chi connectivity index (χ0v) is 14.5. The maximum absolute atomic E-state index is 12.2. The SMILES string of the molecule is CC1(C)O[C@H]2O[C@H](CO[Si](C)(C)C(C)(C)C)C(=O)[C@H]2O1. The van der Waals surface area contributed by atoms with Gasteiger partial charge in [0.1, 0.15) is 6.10 Å². The average molecular weight is 302 g/mol. The van der Waals surface area contributed by atoms with Crippen molar-refractivity contribution in [3.63, 3.8) is 0 Å². The monoisotopic (exact) mass is 302 g/mol. The number of carbonyl (C=O) groups is 1. The quantitative estimate of drug-likeness (QED) is 0.750. The predicted octanol–water partition coefficient (Wildman–Crippen LogP) is 2.45. The molecule has 0 aliphatic carbocycles. The first-order valence-corrected chi connectivity index (χ1v) is 10.0. The maximum Gasteiger partial charge on any atom is 0.197 e. The van der Waals surface area contributed by atoms with Gasteiger partial charge in [-0.1, -0.05) is 20.8 Å².